The largest absolute Gasteiger partial charge is 0.390 e. The molecule has 4 rings (SSSR count). The first-order valence-electron chi connectivity index (χ1n) is 8.39. The number of aliphatic hydroxyl groups is 2. The summed E-state index contributed by atoms with van der Waals surface area (Å²) in [5, 5.41) is 18.0. The molecule has 2 aromatic carbocycles. The number of hydrogen-bond acceptors (Lipinski definition) is 4. The minimum absolute atomic E-state index is 0.0882. The summed E-state index contributed by atoms with van der Waals surface area (Å²) < 4.78 is 10.8. The Morgan fingerprint density at radius 1 is 0.667 bits per heavy atom. The number of benzene rings is 2. The van der Waals surface area contributed by atoms with Gasteiger partial charge in [-0.2, -0.15) is 0 Å². The van der Waals surface area contributed by atoms with Gasteiger partial charge in [0.1, 0.15) is 0 Å². The van der Waals surface area contributed by atoms with Gasteiger partial charge in [-0.3, -0.25) is 0 Å². The molecular weight excluding hydrogens is 304 g/mol. The molecule has 0 spiro atoms. The van der Waals surface area contributed by atoms with Gasteiger partial charge in [0, 0.05) is 12.8 Å². The second kappa shape index (κ2) is 8.40. The van der Waals surface area contributed by atoms with Gasteiger partial charge in [-0.05, 0) is 11.1 Å². The van der Waals surface area contributed by atoms with Crippen molar-refractivity contribution in [1.82, 2.24) is 0 Å². The smallest absolute Gasteiger partial charge is 0.0865 e. The highest BCUT2D eigenvalue weighted by Crippen LogP contribution is 2.26. The highest BCUT2D eigenvalue weighted by atomic mass is 16.5. The average molecular weight is 328 g/mol. The van der Waals surface area contributed by atoms with Crippen molar-refractivity contribution in [3.8, 4) is 0 Å². The van der Waals surface area contributed by atoms with Gasteiger partial charge in [0.25, 0.3) is 0 Å². The fourth-order valence-corrected chi connectivity index (χ4v) is 2.23. The Bertz CT molecular complexity index is 546. The van der Waals surface area contributed by atoms with E-state index >= 15 is 0 Å². The normalized spacial score (nSPS) is 27.1. The van der Waals surface area contributed by atoms with Crippen molar-refractivity contribution in [2.75, 3.05) is 0 Å². The van der Waals surface area contributed by atoms with Gasteiger partial charge in [-0.15, -0.1) is 0 Å². The summed E-state index contributed by atoms with van der Waals surface area (Å²) in [5.41, 5.74) is 2.33. The molecule has 0 aliphatic heterocycles. The lowest BCUT2D eigenvalue weighted by atomic mass is 10.2. The maximum Gasteiger partial charge on any atom is 0.0865 e. The summed E-state index contributed by atoms with van der Waals surface area (Å²) in [6.45, 7) is 1.23. The summed E-state index contributed by atoms with van der Waals surface area (Å²) in [6.07, 6.45) is 1.34. The average Bonchev–Trinajstić information content (AvgIpc) is 3.52. The third kappa shape index (κ3) is 5.73. The molecule has 128 valence electrons. The van der Waals surface area contributed by atoms with Crippen LogP contribution in [0.3, 0.4) is 0 Å². The second-order valence-corrected chi connectivity index (χ2v) is 6.28. The number of hydrogen-bond donors (Lipinski definition) is 2. The Hall–Kier alpha value is -1.72. The Kier molecular flexibility index (Phi) is 5.99. The highest BCUT2D eigenvalue weighted by Gasteiger charge is 2.36. The molecule has 24 heavy (non-hydrogen) atoms. The van der Waals surface area contributed by atoms with E-state index in [1.54, 1.807) is 0 Å². The Balaban J connectivity index is 0.000000141. The zero-order chi connectivity index (χ0) is 16.8. The van der Waals surface area contributed by atoms with E-state index in [1.807, 2.05) is 60.7 Å². The van der Waals surface area contributed by atoms with Gasteiger partial charge in [0.05, 0.1) is 37.6 Å². The van der Waals surface area contributed by atoms with Crippen molar-refractivity contribution in [3.63, 3.8) is 0 Å². The summed E-state index contributed by atoms with van der Waals surface area (Å²) >= 11 is 0. The van der Waals surface area contributed by atoms with Crippen molar-refractivity contribution in [2.45, 2.75) is 50.5 Å². The molecular formula is C20H24O4. The Labute approximate surface area is 142 Å². The molecule has 0 amide bonds. The highest BCUT2D eigenvalue weighted by molar-refractivity contribution is 5.14. The molecule has 4 nitrogen and oxygen atoms in total. The number of aliphatic hydroxyl groups excluding tert-OH is 2. The summed E-state index contributed by atoms with van der Waals surface area (Å²) in [6, 6.07) is 20.0. The van der Waals surface area contributed by atoms with E-state index in [9.17, 15) is 0 Å². The monoisotopic (exact) mass is 328 g/mol. The van der Waals surface area contributed by atoms with Crippen LogP contribution in [0.5, 0.6) is 0 Å². The van der Waals surface area contributed by atoms with Crippen LogP contribution in [0.1, 0.15) is 24.0 Å². The van der Waals surface area contributed by atoms with Gasteiger partial charge in [-0.25, -0.2) is 0 Å². The molecule has 4 atom stereocenters. The third-order valence-corrected chi connectivity index (χ3v) is 4.01. The predicted molar refractivity (Wildman–Crippen MR) is 91.3 cm³/mol. The summed E-state index contributed by atoms with van der Waals surface area (Å²) in [7, 11) is 0. The molecule has 2 N–H and O–H groups in total. The fraction of sp³-hybridized carbons (Fsp3) is 0.400. The first-order chi connectivity index (χ1) is 11.7. The van der Waals surface area contributed by atoms with E-state index in [2.05, 4.69) is 0 Å². The number of ether oxygens (including phenoxy) is 2. The maximum atomic E-state index is 8.98. The Morgan fingerprint density at radius 3 is 1.29 bits per heavy atom. The molecule has 2 aromatic rings. The molecule has 2 aliphatic rings. The third-order valence-electron chi connectivity index (χ3n) is 4.01. The van der Waals surface area contributed by atoms with E-state index in [-0.39, 0.29) is 24.4 Å². The molecule has 2 aliphatic carbocycles. The van der Waals surface area contributed by atoms with Crippen LogP contribution in [0.4, 0.5) is 0 Å². The zero-order valence-corrected chi connectivity index (χ0v) is 13.6. The van der Waals surface area contributed by atoms with E-state index < -0.39 is 0 Å². The first kappa shape index (κ1) is 17.1. The SMILES string of the molecule is O[C@@H]1C[C@H]1OCc1ccccc1.O[C@@H]1C[C@H]1OCc1ccccc1. The molecule has 2 fully saturated rings. The van der Waals surface area contributed by atoms with Crippen LogP contribution in [0.15, 0.2) is 60.7 Å². The molecule has 0 aromatic heterocycles. The van der Waals surface area contributed by atoms with E-state index in [4.69, 9.17) is 19.7 Å². The van der Waals surface area contributed by atoms with Crippen molar-refractivity contribution in [2.24, 2.45) is 0 Å². The van der Waals surface area contributed by atoms with Crippen LogP contribution < -0.4 is 0 Å². The molecule has 4 heteroatoms. The Morgan fingerprint density at radius 2 is 1.00 bits per heavy atom. The maximum absolute atomic E-state index is 8.98. The second-order valence-electron chi connectivity index (χ2n) is 6.28. The lowest BCUT2D eigenvalue weighted by molar-refractivity contribution is 0.0715. The van der Waals surface area contributed by atoms with Gasteiger partial charge in [0.2, 0.25) is 0 Å². The van der Waals surface area contributed by atoms with E-state index in [0.29, 0.717) is 13.2 Å². The molecule has 0 bridgehead atoms. The van der Waals surface area contributed by atoms with Crippen LogP contribution in [0.2, 0.25) is 0 Å². The van der Waals surface area contributed by atoms with Gasteiger partial charge in [0.15, 0.2) is 0 Å². The predicted octanol–water partition coefficient (Wildman–Crippen LogP) is 2.67. The lowest BCUT2D eigenvalue weighted by Gasteiger charge is -2.01. The minimum atomic E-state index is -0.214. The quantitative estimate of drug-likeness (QED) is 0.856. The van der Waals surface area contributed by atoms with Gasteiger partial charge >= 0.3 is 0 Å². The van der Waals surface area contributed by atoms with Crippen molar-refractivity contribution >= 4 is 0 Å². The first-order valence-corrected chi connectivity index (χ1v) is 8.39. The van der Waals surface area contributed by atoms with Crippen molar-refractivity contribution in [3.05, 3.63) is 71.8 Å². The van der Waals surface area contributed by atoms with Crippen LogP contribution in [-0.4, -0.2) is 34.6 Å². The van der Waals surface area contributed by atoms with Gasteiger partial charge in [-0.1, -0.05) is 60.7 Å². The fourth-order valence-electron chi connectivity index (χ4n) is 2.23. The zero-order valence-electron chi connectivity index (χ0n) is 13.6. The van der Waals surface area contributed by atoms with Gasteiger partial charge < -0.3 is 19.7 Å². The summed E-state index contributed by atoms with van der Waals surface area (Å²) in [4.78, 5) is 0. The molecule has 0 saturated heterocycles. The molecule has 0 unspecified atom stereocenters. The molecule has 0 radical (unpaired) electrons. The standard InChI is InChI=1S/2C10H12O2/c2*11-9-6-10(9)12-7-8-4-2-1-3-5-8/h2*1-5,9-11H,6-7H2/t2*9-,10-/m11/s1. The molecule has 0 heterocycles. The van der Waals surface area contributed by atoms with Crippen LogP contribution in [0, 0.1) is 0 Å². The van der Waals surface area contributed by atoms with E-state index in [0.717, 1.165) is 24.0 Å². The summed E-state index contributed by atoms with van der Waals surface area (Å²) in [5.74, 6) is 0. The van der Waals surface area contributed by atoms with Crippen LogP contribution in [0.25, 0.3) is 0 Å². The lowest BCUT2D eigenvalue weighted by Crippen LogP contribution is -1.99. The minimum Gasteiger partial charge on any atom is -0.390 e. The van der Waals surface area contributed by atoms with Crippen molar-refractivity contribution in [1.29, 1.82) is 0 Å². The number of rotatable bonds is 6. The van der Waals surface area contributed by atoms with E-state index in [1.165, 1.54) is 0 Å². The molecule has 2 saturated carbocycles. The topological polar surface area (TPSA) is 58.9 Å². The van der Waals surface area contributed by atoms with Crippen molar-refractivity contribution < 1.29 is 19.7 Å². The van der Waals surface area contributed by atoms with Crippen LogP contribution in [-0.2, 0) is 22.7 Å². The van der Waals surface area contributed by atoms with Crippen LogP contribution >= 0.6 is 0 Å².